The van der Waals surface area contributed by atoms with Crippen LogP contribution in [-0.2, 0) is 14.8 Å². The second-order valence-corrected chi connectivity index (χ2v) is 6.98. The molecule has 1 saturated heterocycles. The minimum absolute atomic E-state index is 0.253. The number of nitrogens with one attached hydrogen (secondary N) is 1. The van der Waals surface area contributed by atoms with Crippen LogP contribution < -0.4 is 5.32 Å². The van der Waals surface area contributed by atoms with Crippen molar-refractivity contribution < 1.29 is 13.2 Å². The van der Waals surface area contributed by atoms with E-state index in [1.165, 1.54) is 0 Å². The third-order valence-electron chi connectivity index (χ3n) is 3.23. The maximum atomic E-state index is 12.1. The minimum atomic E-state index is -3.06. The van der Waals surface area contributed by atoms with Crippen molar-refractivity contribution in [3.05, 3.63) is 0 Å². The van der Waals surface area contributed by atoms with Gasteiger partial charge in [-0.05, 0) is 38.3 Å². The van der Waals surface area contributed by atoms with Crippen molar-refractivity contribution in [2.75, 3.05) is 45.6 Å². The molecule has 0 aromatic heterocycles. The Morgan fingerprint density at radius 1 is 1.39 bits per heavy atom. The third kappa shape index (κ3) is 5.22. The van der Waals surface area contributed by atoms with Gasteiger partial charge in [0, 0.05) is 20.2 Å². The molecule has 0 aliphatic carbocycles. The Morgan fingerprint density at radius 2 is 2.17 bits per heavy atom. The van der Waals surface area contributed by atoms with Crippen LogP contribution in [-0.4, -0.2) is 58.4 Å². The fourth-order valence-corrected chi connectivity index (χ4v) is 3.82. The van der Waals surface area contributed by atoms with Gasteiger partial charge in [0.15, 0.2) is 0 Å². The van der Waals surface area contributed by atoms with Crippen LogP contribution in [0.5, 0.6) is 0 Å². The third-order valence-corrected chi connectivity index (χ3v) is 5.15. The Balaban J connectivity index is 2.27. The number of hydrogen-bond acceptors (Lipinski definition) is 4. The summed E-state index contributed by atoms with van der Waals surface area (Å²) in [5, 5.41) is 3.22. The molecule has 5 nitrogen and oxygen atoms in total. The van der Waals surface area contributed by atoms with Crippen LogP contribution in [0.1, 0.15) is 26.2 Å². The average Bonchev–Trinajstić information content (AvgIpc) is 2.79. The zero-order valence-electron chi connectivity index (χ0n) is 11.5. The number of nitrogens with zero attached hydrogens (tertiary/aromatic N) is 1. The second-order valence-electron chi connectivity index (χ2n) is 4.89. The van der Waals surface area contributed by atoms with E-state index in [0.29, 0.717) is 32.0 Å². The van der Waals surface area contributed by atoms with Crippen molar-refractivity contribution in [3.8, 4) is 0 Å². The van der Waals surface area contributed by atoms with Gasteiger partial charge in [-0.1, -0.05) is 6.92 Å². The predicted octanol–water partition coefficient (Wildman–Crippen LogP) is 0.674. The lowest BCUT2D eigenvalue weighted by atomic mass is 10.1. The molecule has 1 atom stereocenters. The monoisotopic (exact) mass is 278 g/mol. The molecule has 0 amide bonds. The van der Waals surface area contributed by atoms with Gasteiger partial charge in [0.1, 0.15) is 0 Å². The van der Waals surface area contributed by atoms with Crippen molar-refractivity contribution >= 4 is 10.0 Å². The van der Waals surface area contributed by atoms with Crippen molar-refractivity contribution in [3.63, 3.8) is 0 Å². The Hall–Kier alpha value is -0.170. The van der Waals surface area contributed by atoms with Crippen LogP contribution in [0.15, 0.2) is 0 Å². The zero-order chi connectivity index (χ0) is 13.4. The molecule has 0 aromatic carbocycles. The highest BCUT2D eigenvalue weighted by molar-refractivity contribution is 7.89. The van der Waals surface area contributed by atoms with Crippen LogP contribution in [0.3, 0.4) is 0 Å². The summed E-state index contributed by atoms with van der Waals surface area (Å²) in [4.78, 5) is 0. The van der Waals surface area contributed by atoms with Gasteiger partial charge >= 0.3 is 0 Å². The predicted molar refractivity (Wildman–Crippen MR) is 73.1 cm³/mol. The van der Waals surface area contributed by atoms with Crippen LogP contribution in [0.4, 0.5) is 0 Å². The molecule has 18 heavy (non-hydrogen) atoms. The Kier molecular flexibility index (Phi) is 7.14. The van der Waals surface area contributed by atoms with Crippen molar-refractivity contribution in [1.29, 1.82) is 0 Å². The maximum absolute atomic E-state index is 12.1. The molecular formula is C12H26N2O3S. The molecule has 1 rings (SSSR count). The number of ether oxygens (including phenoxy) is 1. The van der Waals surface area contributed by atoms with E-state index in [9.17, 15) is 8.42 Å². The first-order chi connectivity index (χ1) is 8.60. The molecule has 1 aliphatic heterocycles. The fourth-order valence-electron chi connectivity index (χ4n) is 2.23. The second kappa shape index (κ2) is 8.09. The molecule has 1 heterocycles. The molecule has 1 aliphatic rings. The van der Waals surface area contributed by atoms with Gasteiger partial charge < -0.3 is 10.1 Å². The fraction of sp³-hybridized carbons (Fsp3) is 1.00. The van der Waals surface area contributed by atoms with Gasteiger partial charge in [0.05, 0.1) is 12.4 Å². The van der Waals surface area contributed by atoms with E-state index >= 15 is 0 Å². The lowest BCUT2D eigenvalue weighted by Crippen LogP contribution is -2.32. The SMILES string of the molecule is CCCNCCCS(=O)(=O)N1CCC(COC)C1. The number of hydrogen-bond donors (Lipinski definition) is 1. The highest BCUT2D eigenvalue weighted by atomic mass is 32.2. The summed E-state index contributed by atoms with van der Waals surface area (Å²) in [5.74, 6) is 0.617. The van der Waals surface area contributed by atoms with E-state index < -0.39 is 10.0 Å². The number of rotatable bonds is 9. The van der Waals surface area contributed by atoms with E-state index in [1.54, 1.807) is 11.4 Å². The van der Waals surface area contributed by atoms with E-state index in [-0.39, 0.29) is 5.75 Å². The molecule has 6 heteroatoms. The molecule has 108 valence electrons. The average molecular weight is 278 g/mol. The Labute approximate surface area is 111 Å². The largest absolute Gasteiger partial charge is 0.384 e. The highest BCUT2D eigenvalue weighted by Crippen LogP contribution is 2.20. The van der Waals surface area contributed by atoms with E-state index in [4.69, 9.17) is 4.74 Å². The summed E-state index contributed by atoms with van der Waals surface area (Å²) in [6.45, 7) is 5.77. The quantitative estimate of drug-likeness (QED) is 0.630. The Bertz CT molecular complexity index is 319. The lowest BCUT2D eigenvalue weighted by molar-refractivity contribution is 0.157. The van der Waals surface area contributed by atoms with E-state index in [1.807, 2.05) is 0 Å². The molecule has 0 radical (unpaired) electrons. The summed E-state index contributed by atoms with van der Waals surface area (Å²) in [5.41, 5.74) is 0. The summed E-state index contributed by atoms with van der Waals surface area (Å²) in [6, 6.07) is 0. The topological polar surface area (TPSA) is 58.6 Å². The normalized spacial score (nSPS) is 21.6. The lowest BCUT2D eigenvalue weighted by Gasteiger charge is -2.16. The molecule has 0 aromatic rings. The van der Waals surface area contributed by atoms with Crippen LogP contribution in [0.2, 0.25) is 0 Å². The van der Waals surface area contributed by atoms with Crippen LogP contribution >= 0.6 is 0 Å². The van der Waals surface area contributed by atoms with Crippen molar-refractivity contribution in [1.82, 2.24) is 9.62 Å². The van der Waals surface area contributed by atoms with E-state index in [2.05, 4.69) is 12.2 Å². The first-order valence-electron chi connectivity index (χ1n) is 6.77. The van der Waals surface area contributed by atoms with Gasteiger partial charge in [-0.3, -0.25) is 0 Å². The number of methoxy groups -OCH3 is 1. The Morgan fingerprint density at radius 3 is 2.83 bits per heavy atom. The first kappa shape index (κ1) is 15.9. The summed E-state index contributed by atoms with van der Waals surface area (Å²) < 4.78 is 30.8. The van der Waals surface area contributed by atoms with Crippen molar-refractivity contribution in [2.24, 2.45) is 5.92 Å². The molecule has 0 saturated carbocycles. The van der Waals surface area contributed by atoms with Gasteiger partial charge in [-0.15, -0.1) is 0 Å². The summed E-state index contributed by atoms with van der Waals surface area (Å²) in [6.07, 6.45) is 2.69. The van der Waals surface area contributed by atoms with Gasteiger partial charge in [0.25, 0.3) is 0 Å². The minimum Gasteiger partial charge on any atom is -0.384 e. The zero-order valence-corrected chi connectivity index (χ0v) is 12.3. The molecule has 1 unspecified atom stereocenters. The van der Waals surface area contributed by atoms with Gasteiger partial charge in [-0.2, -0.15) is 0 Å². The summed E-state index contributed by atoms with van der Waals surface area (Å²) in [7, 11) is -1.40. The van der Waals surface area contributed by atoms with Gasteiger partial charge in [-0.25, -0.2) is 12.7 Å². The highest BCUT2D eigenvalue weighted by Gasteiger charge is 2.30. The van der Waals surface area contributed by atoms with E-state index in [0.717, 1.165) is 25.9 Å². The first-order valence-corrected chi connectivity index (χ1v) is 8.38. The summed E-state index contributed by atoms with van der Waals surface area (Å²) >= 11 is 0. The van der Waals surface area contributed by atoms with Crippen LogP contribution in [0.25, 0.3) is 0 Å². The molecule has 1 fully saturated rings. The maximum Gasteiger partial charge on any atom is 0.214 e. The molecular weight excluding hydrogens is 252 g/mol. The number of sulfonamides is 1. The molecule has 0 bridgehead atoms. The van der Waals surface area contributed by atoms with Crippen molar-refractivity contribution in [2.45, 2.75) is 26.2 Å². The van der Waals surface area contributed by atoms with Gasteiger partial charge in [0.2, 0.25) is 10.0 Å². The molecule has 1 N–H and O–H groups in total. The standard InChI is InChI=1S/C12H26N2O3S/c1-3-6-13-7-4-9-18(15,16)14-8-5-12(10-14)11-17-2/h12-13H,3-11H2,1-2H3. The van der Waals surface area contributed by atoms with Crippen LogP contribution in [0, 0.1) is 5.92 Å². The molecule has 0 spiro atoms. The smallest absolute Gasteiger partial charge is 0.214 e.